The maximum Gasteiger partial charge on any atom is 0.143 e. The fourth-order valence-corrected chi connectivity index (χ4v) is 11.7. The molecule has 1 aromatic heterocycles. The van der Waals surface area contributed by atoms with Crippen LogP contribution in [0.2, 0.25) is 0 Å². The van der Waals surface area contributed by atoms with E-state index in [0.717, 1.165) is 57.3 Å². The summed E-state index contributed by atoms with van der Waals surface area (Å²) in [5.41, 5.74) is 23.5. The Balaban J connectivity index is 1.07. The molecule has 0 unspecified atom stereocenters. The van der Waals surface area contributed by atoms with E-state index in [2.05, 4.69) is 201 Å². The van der Waals surface area contributed by atoms with Crippen LogP contribution in [0.5, 0.6) is 0 Å². The molecule has 0 fully saturated rings. The highest BCUT2D eigenvalue weighted by atomic mass is 16.3. The first-order valence-electron chi connectivity index (χ1n) is 21.3. The molecule has 2 nitrogen and oxygen atoms in total. The summed E-state index contributed by atoms with van der Waals surface area (Å²) in [5.74, 6) is 0. The van der Waals surface area contributed by atoms with Crippen molar-refractivity contribution in [3.8, 4) is 33.4 Å². The average Bonchev–Trinajstić information content (AvgIpc) is 3.99. The Morgan fingerprint density at radius 3 is 1.88 bits per heavy atom. The number of furan rings is 1. The lowest BCUT2D eigenvalue weighted by molar-refractivity contribution is 0.660. The van der Waals surface area contributed by atoms with Crippen LogP contribution in [0.1, 0.15) is 60.1 Å². The van der Waals surface area contributed by atoms with Crippen LogP contribution in [-0.2, 0) is 10.8 Å². The van der Waals surface area contributed by atoms with Gasteiger partial charge in [0.15, 0.2) is 0 Å². The summed E-state index contributed by atoms with van der Waals surface area (Å²) in [5, 5.41) is 2.29. The summed E-state index contributed by atoms with van der Waals surface area (Å²) in [6.45, 7) is 4.76. The molecule has 1 heterocycles. The van der Waals surface area contributed by atoms with Gasteiger partial charge in [-0.3, -0.25) is 0 Å². The molecule has 4 aliphatic carbocycles. The van der Waals surface area contributed by atoms with E-state index in [9.17, 15) is 0 Å². The van der Waals surface area contributed by atoms with E-state index in [1.165, 1.54) is 72.5 Å². The van der Waals surface area contributed by atoms with E-state index >= 15 is 0 Å². The van der Waals surface area contributed by atoms with Gasteiger partial charge in [0, 0.05) is 38.7 Å². The monoisotopic (exact) mass is 767 g/mol. The van der Waals surface area contributed by atoms with Gasteiger partial charge in [0.2, 0.25) is 0 Å². The molecule has 0 N–H and O–H groups in total. The molecule has 0 atom stereocenters. The van der Waals surface area contributed by atoms with Crippen LogP contribution in [0.15, 0.2) is 198 Å². The number of hydrogen-bond donors (Lipinski definition) is 0. The fourth-order valence-electron chi connectivity index (χ4n) is 11.7. The van der Waals surface area contributed by atoms with Crippen LogP contribution in [0.4, 0.5) is 17.1 Å². The third kappa shape index (κ3) is 4.33. The van der Waals surface area contributed by atoms with Crippen molar-refractivity contribution in [2.75, 3.05) is 4.90 Å². The highest BCUT2D eigenvalue weighted by Gasteiger charge is 2.54. The van der Waals surface area contributed by atoms with Gasteiger partial charge in [-0.25, -0.2) is 0 Å². The second kappa shape index (κ2) is 12.2. The van der Waals surface area contributed by atoms with E-state index in [-0.39, 0.29) is 5.41 Å². The molecule has 0 saturated carbocycles. The molecule has 60 heavy (non-hydrogen) atoms. The van der Waals surface area contributed by atoms with E-state index < -0.39 is 5.41 Å². The lowest BCUT2D eigenvalue weighted by Gasteiger charge is -2.37. The van der Waals surface area contributed by atoms with E-state index in [0.29, 0.717) is 0 Å². The maximum absolute atomic E-state index is 6.53. The second-order valence-corrected chi connectivity index (χ2v) is 17.4. The van der Waals surface area contributed by atoms with Crippen LogP contribution in [-0.4, -0.2) is 0 Å². The summed E-state index contributed by atoms with van der Waals surface area (Å²) in [7, 11) is 0. The van der Waals surface area contributed by atoms with E-state index in [1.807, 2.05) is 6.07 Å². The van der Waals surface area contributed by atoms with Gasteiger partial charge in [0.05, 0.1) is 11.1 Å². The van der Waals surface area contributed by atoms with Crippen molar-refractivity contribution in [1.29, 1.82) is 0 Å². The fraction of sp³-hybridized carbons (Fsp3) is 0.103. The second-order valence-electron chi connectivity index (χ2n) is 17.4. The Morgan fingerprint density at radius 2 is 1.10 bits per heavy atom. The number of benzene rings is 8. The standard InChI is InChI=1S/C58H41NO/c1-57(2)48-23-8-3-15-40(48)44-34-33-38(35-52(44)57)59(37-31-29-36(30-32-37)39-20-13-22-47-45-19-7-12-28-54(45)60-56(39)47)53-27-14-21-46-43-18-6-11-26-51(43)58(55(46)53)49-24-9-4-16-41(49)42-17-5-10-25-50(42)58/h3-10,12-25,27-35H,11,26H2,1-2H3. The Hall–Kier alpha value is -7.16. The van der Waals surface area contributed by atoms with Gasteiger partial charge in [-0.15, -0.1) is 0 Å². The van der Waals surface area contributed by atoms with Crippen LogP contribution >= 0.6 is 0 Å². The van der Waals surface area contributed by atoms with Crippen LogP contribution in [0.3, 0.4) is 0 Å². The van der Waals surface area contributed by atoms with Crippen molar-refractivity contribution in [2.45, 2.75) is 37.5 Å². The SMILES string of the molecule is CC1(C)c2ccccc2-c2ccc(N(c3ccc(-c4cccc5c4oc4ccccc45)cc3)c3cccc4c3C3(C5=C4C=CCC5)c4ccccc4-c4ccccc43)cc21. The Morgan fingerprint density at radius 1 is 0.500 bits per heavy atom. The largest absolute Gasteiger partial charge is 0.455 e. The van der Waals surface area contributed by atoms with Gasteiger partial charge < -0.3 is 9.32 Å². The van der Waals surface area contributed by atoms with Crippen LogP contribution in [0.25, 0.3) is 60.9 Å². The summed E-state index contributed by atoms with van der Waals surface area (Å²) in [6.07, 6.45) is 6.85. The molecule has 0 saturated heterocycles. The molecule has 284 valence electrons. The minimum Gasteiger partial charge on any atom is -0.455 e. The number of fused-ring (bicyclic) bond motifs is 15. The molecule has 0 radical (unpaired) electrons. The van der Waals surface area contributed by atoms with Crippen molar-refractivity contribution >= 4 is 44.6 Å². The smallest absolute Gasteiger partial charge is 0.143 e. The van der Waals surface area contributed by atoms with Crippen molar-refractivity contribution in [3.63, 3.8) is 0 Å². The summed E-state index contributed by atoms with van der Waals surface area (Å²) in [6, 6.07) is 65.6. The zero-order chi connectivity index (χ0) is 39.7. The third-order valence-corrected chi connectivity index (χ3v) is 14.2. The molecule has 13 rings (SSSR count). The molecule has 0 amide bonds. The van der Waals surface area contributed by atoms with Gasteiger partial charge in [0.1, 0.15) is 11.2 Å². The first kappa shape index (κ1) is 33.8. The Labute approximate surface area is 350 Å². The molecular formula is C58H41NO. The van der Waals surface area contributed by atoms with Crippen molar-refractivity contribution in [2.24, 2.45) is 0 Å². The quantitative estimate of drug-likeness (QED) is 0.177. The Kier molecular flexibility index (Phi) is 6.86. The van der Waals surface area contributed by atoms with Crippen molar-refractivity contribution in [1.82, 2.24) is 0 Å². The van der Waals surface area contributed by atoms with Crippen molar-refractivity contribution < 1.29 is 4.42 Å². The lowest BCUT2D eigenvalue weighted by Crippen LogP contribution is -2.30. The molecule has 9 aromatic rings. The minimum absolute atomic E-state index is 0.142. The van der Waals surface area contributed by atoms with Crippen LogP contribution in [0, 0.1) is 0 Å². The minimum atomic E-state index is -0.416. The number of hydrogen-bond acceptors (Lipinski definition) is 2. The van der Waals surface area contributed by atoms with Gasteiger partial charge in [-0.2, -0.15) is 0 Å². The zero-order valence-electron chi connectivity index (χ0n) is 33.7. The first-order valence-corrected chi connectivity index (χ1v) is 21.3. The number of rotatable bonds is 4. The average molecular weight is 768 g/mol. The van der Waals surface area contributed by atoms with Crippen molar-refractivity contribution in [3.05, 3.63) is 227 Å². The molecule has 4 aliphatic rings. The van der Waals surface area contributed by atoms with Gasteiger partial charge in [0.25, 0.3) is 0 Å². The zero-order valence-corrected chi connectivity index (χ0v) is 33.7. The molecule has 8 aromatic carbocycles. The number of para-hydroxylation sites is 2. The van der Waals surface area contributed by atoms with Gasteiger partial charge >= 0.3 is 0 Å². The predicted octanol–water partition coefficient (Wildman–Crippen LogP) is 15.5. The van der Waals surface area contributed by atoms with E-state index in [4.69, 9.17) is 4.42 Å². The lowest BCUT2D eigenvalue weighted by atomic mass is 9.67. The topological polar surface area (TPSA) is 16.4 Å². The highest BCUT2D eigenvalue weighted by Crippen LogP contribution is 2.66. The summed E-state index contributed by atoms with van der Waals surface area (Å²) < 4.78 is 6.53. The molecular weight excluding hydrogens is 727 g/mol. The van der Waals surface area contributed by atoms with E-state index in [1.54, 1.807) is 0 Å². The molecule has 2 heteroatoms. The molecule has 1 spiro atoms. The molecule has 0 aliphatic heterocycles. The van der Waals surface area contributed by atoms with Gasteiger partial charge in [-0.05, 0) is 116 Å². The number of allylic oxidation sites excluding steroid dienone is 4. The first-order chi connectivity index (χ1) is 29.5. The summed E-state index contributed by atoms with van der Waals surface area (Å²) >= 11 is 0. The van der Waals surface area contributed by atoms with Gasteiger partial charge in [-0.1, -0.05) is 166 Å². The summed E-state index contributed by atoms with van der Waals surface area (Å²) in [4.78, 5) is 2.55. The number of nitrogens with zero attached hydrogens (tertiary/aromatic N) is 1. The normalized spacial score (nSPS) is 15.8. The highest BCUT2D eigenvalue weighted by molar-refractivity contribution is 6.09. The number of anilines is 3. The maximum atomic E-state index is 6.53. The third-order valence-electron chi connectivity index (χ3n) is 14.2. The predicted molar refractivity (Wildman–Crippen MR) is 248 cm³/mol. The van der Waals surface area contributed by atoms with Crippen LogP contribution < -0.4 is 4.90 Å². The Bertz CT molecular complexity index is 3310. The molecule has 0 bridgehead atoms.